The number of dihydropyridines is 1. The zero-order valence-corrected chi connectivity index (χ0v) is 14.2. The normalized spacial score (nSPS) is 19.8. The van der Waals surface area contributed by atoms with Gasteiger partial charge in [0.2, 0.25) is 5.95 Å². The number of anilines is 1. The van der Waals surface area contributed by atoms with E-state index in [4.69, 9.17) is 0 Å². The number of aryl methyl sites for hydroxylation is 1. The zero-order chi connectivity index (χ0) is 16.9. The molecule has 0 saturated carbocycles. The molecule has 0 atom stereocenters. The lowest BCUT2D eigenvalue weighted by Gasteiger charge is -2.34. The van der Waals surface area contributed by atoms with Crippen molar-refractivity contribution < 1.29 is 0 Å². The van der Waals surface area contributed by atoms with Crippen molar-refractivity contribution in [2.24, 2.45) is 0 Å². The highest BCUT2D eigenvalue weighted by molar-refractivity contribution is 5.79. The van der Waals surface area contributed by atoms with E-state index < -0.39 is 0 Å². The zero-order valence-electron chi connectivity index (χ0n) is 14.2. The van der Waals surface area contributed by atoms with E-state index >= 15 is 0 Å². The molecule has 1 N–H and O–H groups in total. The molecule has 1 fully saturated rings. The van der Waals surface area contributed by atoms with Crippen molar-refractivity contribution in [3.63, 3.8) is 0 Å². The first-order valence-corrected chi connectivity index (χ1v) is 8.28. The first-order valence-electron chi connectivity index (χ1n) is 8.28. The Labute approximate surface area is 142 Å². The van der Waals surface area contributed by atoms with Crippen LogP contribution in [0.15, 0.2) is 36.2 Å². The van der Waals surface area contributed by atoms with Crippen molar-refractivity contribution in [1.29, 1.82) is 5.26 Å². The van der Waals surface area contributed by atoms with Crippen molar-refractivity contribution >= 4 is 11.5 Å². The summed E-state index contributed by atoms with van der Waals surface area (Å²) in [5.41, 5.74) is 2.84. The van der Waals surface area contributed by atoms with Crippen LogP contribution in [-0.4, -0.2) is 47.6 Å². The van der Waals surface area contributed by atoms with Crippen molar-refractivity contribution in [1.82, 2.24) is 20.2 Å². The van der Waals surface area contributed by atoms with Crippen molar-refractivity contribution in [3.8, 4) is 6.07 Å². The van der Waals surface area contributed by atoms with Crippen LogP contribution in [0.2, 0.25) is 0 Å². The smallest absolute Gasteiger partial charge is 0.226 e. The fraction of sp³-hybridized carbons (Fsp3) is 0.389. The first-order chi connectivity index (χ1) is 11.7. The number of aromatic nitrogens is 2. The monoisotopic (exact) mass is 322 g/mol. The molecule has 6 heteroatoms. The topological polar surface area (TPSA) is 68.1 Å². The molecule has 3 rings (SSSR count). The third-order valence-electron chi connectivity index (χ3n) is 4.29. The van der Waals surface area contributed by atoms with Crippen molar-refractivity contribution in [3.05, 3.63) is 47.6 Å². The van der Waals surface area contributed by atoms with Gasteiger partial charge < -0.3 is 15.1 Å². The van der Waals surface area contributed by atoms with Crippen LogP contribution in [0.5, 0.6) is 0 Å². The van der Waals surface area contributed by atoms with Gasteiger partial charge in [0.25, 0.3) is 0 Å². The highest BCUT2D eigenvalue weighted by Gasteiger charge is 2.20. The Bertz CT molecular complexity index is 732. The summed E-state index contributed by atoms with van der Waals surface area (Å²) in [4.78, 5) is 13.9. The summed E-state index contributed by atoms with van der Waals surface area (Å²) in [6, 6.07) is 4.14. The second-order valence-electron chi connectivity index (χ2n) is 5.88. The van der Waals surface area contributed by atoms with Crippen LogP contribution in [0.1, 0.15) is 18.3 Å². The Morgan fingerprint density at radius 1 is 1.25 bits per heavy atom. The second-order valence-corrected chi connectivity index (χ2v) is 5.88. The summed E-state index contributed by atoms with van der Waals surface area (Å²) in [5, 5.41) is 12.7. The molecule has 6 nitrogen and oxygen atoms in total. The van der Waals surface area contributed by atoms with Crippen LogP contribution in [0.3, 0.4) is 0 Å². The molecular weight excluding hydrogens is 300 g/mol. The first kappa shape index (κ1) is 16.2. The number of nitrogens with one attached hydrogen (secondary N) is 1. The Balaban J connectivity index is 1.91. The van der Waals surface area contributed by atoms with Gasteiger partial charge >= 0.3 is 0 Å². The van der Waals surface area contributed by atoms with Crippen LogP contribution >= 0.6 is 0 Å². The molecule has 1 aromatic heterocycles. The maximum Gasteiger partial charge on any atom is 0.226 e. The summed E-state index contributed by atoms with van der Waals surface area (Å²) in [7, 11) is 0. The lowest BCUT2D eigenvalue weighted by molar-refractivity contribution is 0.270. The predicted octanol–water partition coefficient (Wildman–Crippen LogP) is 1.83. The third-order valence-corrected chi connectivity index (χ3v) is 4.29. The maximum absolute atomic E-state index is 9.60. The van der Waals surface area contributed by atoms with Crippen molar-refractivity contribution in [2.75, 3.05) is 37.6 Å². The number of likely N-dealkylation sites (N-methyl/N-ethyl adjacent to an activating group) is 1. The summed E-state index contributed by atoms with van der Waals surface area (Å²) < 4.78 is 0. The average molecular weight is 322 g/mol. The summed E-state index contributed by atoms with van der Waals surface area (Å²) in [5.74, 6) is 0.712. The van der Waals surface area contributed by atoms with Gasteiger partial charge in [-0.2, -0.15) is 5.26 Å². The summed E-state index contributed by atoms with van der Waals surface area (Å²) in [6.07, 6.45) is 7.49. The second kappa shape index (κ2) is 7.28. The van der Waals surface area contributed by atoms with Gasteiger partial charge in [0.15, 0.2) is 0 Å². The van der Waals surface area contributed by atoms with Gasteiger partial charge in [-0.3, -0.25) is 0 Å². The molecule has 124 valence electrons. The molecule has 2 aliphatic heterocycles. The number of rotatable bonds is 3. The van der Waals surface area contributed by atoms with E-state index in [-0.39, 0.29) is 0 Å². The Hall–Kier alpha value is -2.65. The number of hydrogen-bond acceptors (Lipinski definition) is 6. The molecule has 0 aromatic carbocycles. The van der Waals surface area contributed by atoms with Crippen LogP contribution in [0.4, 0.5) is 5.95 Å². The molecular formula is C18H22N6. The van der Waals surface area contributed by atoms with Crippen LogP contribution in [0.25, 0.3) is 5.57 Å². The minimum Gasteiger partial charge on any atom is -0.361 e. The Morgan fingerprint density at radius 3 is 2.67 bits per heavy atom. The van der Waals surface area contributed by atoms with E-state index in [0.29, 0.717) is 17.2 Å². The van der Waals surface area contributed by atoms with E-state index in [1.54, 1.807) is 0 Å². The molecule has 24 heavy (non-hydrogen) atoms. The maximum atomic E-state index is 9.60. The van der Waals surface area contributed by atoms with E-state index in [1.165, 1.54) is 0 Å². The highest BCUT2D eigenvalue weighted by Crippen LogP contribution is 2.21. The molecule has 1 saturated heterocycles. The third kappa shape index (κ3) is 3.47. The Morgan fingerprint density at radius 2 is 2.04 bits per heavy atom. The van der Waals surface area contributed by atoms with Gasteiger partial charge in [-0.15, -0.1) is 0 Å². The molecule has 0 bridgehead atoms. The molecule has 3 heterocycles. The average Bonchev–Trinajstić information content (AvgIpc) is 2.63. The molecule has 1 aromatic rings. The summed E-state index contributed by atoms with van der Waals surface area (Å²) in [6.45, 7) is 9.06. The van der Waals surface area contributed by atoms with Crippen LogP contribution < -0.4 is 10.2 Å². The van der Waals surface area contributed by atoms with E-state index in [0.717, 1.165) is 44.1 Å². The predicted molar refractivity (Wildman–Crippen MR) is 95.0 cm³/mol. The van der Waals surface area contributed by atoms with E-state index in [1.807, 2.05) is 37.4 Å². The van der Waals surface area contributed by atoms with E-state index in [9.17, 15) is 5.26 Å². The molecule has 0 spiro atoms. The molecule has 0 amide bonds. The van der Waals surface area contributed by atoms with Crippen molar-refractivity contribution in [2.45, 2.75) is 13.8 Å². The number of nitrogens with zero attached hydrogens (tertiary/aromatic N) is 5. The lowest BCUT2D eigenvalue weighted by atomic mass is 10.1. The largest absolute Gasteiger partial charge is 0.361 e. The highest BCUT2D eigenvalue weighted by atomic mass is 15.3. The number of piperazine rings is 1. The molecule has 0 aliphatic carbocycles. The van der Waals surface area contributed by atoms with E-state index in [2.05, 4.69) is 38.1 Å². The SMILES string of the molecule is CCN1CCN(c2nc(C)cc(/C(C#N)=C3/C=CC=CN3)n2)CC1. The lowest BCUT2D eigenvalue weighted by Crippen LogP contribution is -2.46. The van der Waals surface area contributed by atoms with Gasteiger partial charge in [-0.25, -0.2) is 9.97 Å². The molecule has 0 radical (unpaired) electrons. The van der Waals surface area contributed by atoms with Gasteiger partial charge in [0.05, 0.1) is 11.4 Å². The fourth-order valence-electron chi connectivity index (χ4n) is 2.89. The number of nitriles is 1. The van der Waals surface area contributed by atoms with Crippen LogP contribution in [-0.2, 0) is 0 Å². The van der Waals surface area contributed by atoms with Gasteiger partial charge in [-0.05, 0) is 31.7 Å². The molecule has 2 aliphatic rings. The van der Waals surface area contributed by atoms with Gasteiger partial charge in [0, 0.05) is 38.1 Å². The number of hydrogen-bond donors (Lipinski definition) is 1. The standard InChI is InChI=1S/C18H22N6/c1-3-23-8-10-24(11-9-23)18-21-14(2)12-17(22-18)15(13-19)16-6-4-5-7-20-16/h4-7,12,20H,3,8-11H2,1-2H3/b16-15-. The quantitative estimate of drug-likeness (QED) is 0.857. The number of allylic oxidation sites excluding steroid dienone is 4. The Kier molecular flexibility index (Phi) is 4.92. The minimum atomic E-state index is 0.537. The minimum absolute atomic E-state index is 0.537. The van der Waals surface area contributed by atoms with Gasteiger partial charge in [0.1, 0.15) is 11.6 Å². The van der Waals surface area contributed by atoms with Crippen LogP contribution in [0, 0.1) is 18.3 Å². The van der Waals surface area contributed by atoms with Gasteiger partial charge in [-0.1, -0.05) is 13.0 Å². The fourth-order valence-corrected chi connectivity index (χ4v) is 2.89. The molecule has 0 unspecified atom stereocenters. The summed E-state index contributed by atoms with van der Waals surface area (Å²) >= 11 is 0.